The van der Waals surface area contributed by atoms with E-state index in [1.165, 1.54) is 13.1 Å². The molecule has 0 radical (unpaired) electrons. The molecule has 0 N–H and O–H groups in total. The van der Waals surface area contributed by atoms with Crippen molar-refractivity contribution in [2.45, 2.75) is 39.0 Å². The topological polar surface area (TPSA) is 39.3 Å². The maximum absolute atomic E-state index is 12.6. The zero-order chi connectivity index (χ0) is 15.7. The van der Waals surface area contributed by atoms with Crippen LogP contribution >= 0.6 is 0 Å². The molecule has 0 unspecified atom stereocenters. The first-order valence-corrected chi connectivity index (χ1v) is 8.72. The average Bonchev–Trinajstić information content (AvgIpc) is 2.45. The number of piperazine rings is 1. The Bertz CT molecular complexity index is 382. The van der Waals surface area contributed by atoms with Crippen molar-refractivity contribution in [1.82, 2.24) is 19.6 Å². The van der Waals surface area contributed by atoms with Crippen LogP contribution in [0.4, 0.5) is 4.79 Å². The van der Waals surface area contributed by atoms with Crippen LogP contribution in [0.2, 0.25) is 0 Å². The molecule has 3 heterocycles. The molecular weight excluding hydrogens is 280 g/mol. The fourth-order valence-electron chi connectivity index (χ4n) is 3.82. The Hall–Kier alpha value is -0.850. The molecule has 0 aromatic heterocycles. The van der Waals surface area contributed by atoms with Crippen LogP contribution in [0.3, 0.4) is 0 Å². The summed E-state index contributed by atoms with van der Waals surface area (Å²) in [6, 6.07) is 0.768. The summed E-state index contributed by atoms with van der Waals surface area (Å²) in [5.41, 5.74) is 0. The van der Waals surface area contributed by atoms with Gasteiger partial charge in [0.05, 0.1) is 12.2 Å². The SMILES string of the molecule is CCN1CCN(C2CN(C(=O)N3C[C@@H](C)O[C@@H](C)C3)C2)CC1. The number of hydrogen-bond donors (Lipinski definition) is 0. The van der Waals surface area contributed by atoms with Crippen molar-refractivity contribution in [3.8, 4) is 0 Å². The summed E-state index contributed by atoms with van der Waals surface area (Å²) in [5.74, 6) is 0. The van der Waals surface area contributed by atoms with E-state index in [0.29, 0.717) is 6.04 Å². The molecule has 126 valence electrons. The molecule has 0 aromatic rings. The largest absolute Gasteiger partial charge is 0.372 e. The number of nitrogens with zero attached hydrogens (tertiary/aromatic N) is 4. The van der Waals surface area contributed by atoms with Crippen LogP contribution in [0, 0.1) is 0 Å². The second-order valence-electron chi connectivity index (χ2n) is 6.97. The Morgan fingerprint density at radius 2 is 1.50 bits per heavy atom. The van der Waals surface area contributed by atoms with E-state index in [1.807, 2.05) is 23.6 Å². The molecular formula is C16H30N4O2. The zero-order valence-electron chi connectivity index (χ0n) is 14.2. The average molecular weight is 310 g/mol. The van der Waals surface area contributed by atoms with Gasteiger partial charge in [-0.2, -0.15) is 0 Å². The van der Waals surface area contributed by atoms with Crippen molar-refractivity contribution < 1.29 is 9.53 Å². The van der Waals surface area contributed by atoms with Gasteiger partial charge < -0.3 is 19.4 Å². The van der Waals surface area contributed by atoms with Crippen molar-refractivity contribution in [3.63, 3.8) is 0 Å². The Morgan fingerprint density at radius 3 is 2.05 bits per heavy atom. The van der Waals surface area contributed by atoms with Gasteiger partial charge in [-0.15, -0.1) is 0 Å². The predicted molar refractivity (Wildman–Crippen MR) is 86.0 cm³/mol. The number of carbonyl (C=O) groups excluding carboxylic acids is 1. The predicted octanol–water partition coefficient (Wildman–Crippen LogP) is 0.537. The minimum Gasteiger partial charge on any atom is -0.372 e. The Kier molecular flexibility index (Phi) is 4.90. The van der Waals surface area contributed by atoms with Gasteiger partial charge in [-0.3, -0.25) is 4.90 Å². The van der Waals surface area contributed by atoms with Crippen molar-refractivity contribution in [2.75, 3.05) is 58.9 Å². The molecule has 0 spiro atoms. The first-order chi connectivity index (χ1) is 10.6. The van der Waals surface area contributed by atoms with Crippen molar-refractivity contribution in [1.29, 1.82) is 0 Å². The summed E-state index contributed by atoms with van der Waals surface area (Å²) in [5, 5.41) is 0. The Morgan fingerprint density at radius 1 is 0.955 bits per heavy atom. The van der Waals surface area contributed by atoms with Crippen LogP contribution in [0.15, 0.2) is 0 Å². The van der Waals surface area contributed by atoms with Crippen LogP contribution in [0.5, 0.6) is 0 Å². The number of morpholine rings is 1. The highest BCUT2D eigenvalue weighted by Crippen LogP contribution is 2.20. The van der Waals surface area contributed by atoms with E-state index in [1.54, 1.807) is 0 Å². The molecule has 2 atom stereocenters. The van der Waals surface area contributed by atoms with Gasteiger partial charge in [0.2, 0.25) is 0 Å². The number of carbonyl (C=O) groups is 1. The van der Waals surface area contributed by atoms with E-state index in [2.05, 4.69) is 16.7 Å². The number of rotatable bonds is 2. The molecule has 6 nitrogen and oxygen atoms in total. The molecule has 0 bridgehead atoms. The van der Waals surface area contributed by atoms with Gasteiger partial charge in [0.25, 0.3) is 0 Å². The summed E-state index contributed by atoms with van der Waals surface area (Å²) in [6.07, 6.45) is 0.291. The molecule has 3 fully saturated rings. The third kappa shape index (κ3) is 3.39. The van der Waals surface area contributed by atoms with Crippen molar-refractivity contribution in [2.24, 2.45) is 0 Å². The Labute approximate surface area is 134 Å². The number of ether oxygens (including phenoxy) is 1. The van der Waals surface area contributed by atoms with E-state index < -0.39 is 0 Å². The molecule has 0 aromatic carbocycles. The fourth-order valence-corrected chi connectivity index (χ4v) is 3.82. The van der Waals surface area contributed by atoms with E-state index >= 15 is 0 Å². The standard InChI is InChI=1S/C16H30N4O2/c1-4-17-5-7-18(8-6-17)15-11-20(12-15)16(21)19-9-13(2)22-14(3)10-19/h13-15H,4-12H2,1-3H3/t13-,14+. The lowest BCUT2D eigenvalue weighted by Gasteiger charge is -2.49. The highest BCUT2D eigenvalue weighted by atomic mass is 16.5. The summed E-state index contributed by atoms with van der Waals surface area (Å²) in [6.45, 7) is 15.3. The van der Waals surface area contributed by atoms with Gasteiger partial charge in [0.1, 0.15) is 0 Å². The molecule has 22 heavy (non-hydrogen) atoms. The lowest BCUT2D eigenvalue weighted by Crippen LogP contribution is -2.66. The molecule has 3 aliphatic heterocycles. The smallest absolute Gasteiger partial charge is 0.320 e. The molecule has 3 saturated heterocycles. The van der Waals surface area contributed by atoms with Gasteiger partial charge in [-0.05, 0) is 20.4 Å². The van der Waals surface area contributed by atoms with Gasteiger partial charge >= 0.3 is 6.03 Å². The summed E-state index contributed by atoms with van der Waals surface area (Å²) in [7, 11) is 0. The van der Waals surface area contributed by atoms with Gasteiger partial charge in [0, 0.05) is 58.4 Å². The normalized spacial score (nSPS) is 32.1. The molecule has 0 aliphatic carbocycles. The Balaban J connectivity index is 1.44. The molecule has 0 saturated carbocycles. The van der Waals surface area contributed by atoms with Crippen LogP contribution in [0.25, 0.3) is 0 Å². The van der Waals surface area contributed by atoms with Crippen LogP contribution in [-0.2, 0) is 4.74 Å². The highest BCUT2D eigenvalue weighted by molar-refractivity contribution is 5.75. The lowest BCUT2D eigenvalue weighted by atomic mass is 10.1. The zero-order valence-corrected chi connectivity index (χ0v) is 14.2. The third-order valence-corrected chi connectivity index (χ3v) is 5.19. The second-order valence-corrected chi connectivity index (χ2v) is 6.97. The lowest BCUT2D eigenvalue weighted by molar-refractivity contribution is -0.0639. The second kappa shape index (κ2) is 6.72. The maximum Gasteiger partial charge on any atom is 0.320 e. The first-order valence-electron chi connectivity index (χ1n) is 8.72. The number of urea groups is 1. The summed E-state index contributed by atoms with van der Waals surface area (Å²) < 4.78 is 5.71. The van der Waals surface area contributed by atoms with E-state index in [-0.39, 0.29) is 18.2 Å². The van der Waals surface area contributed by atoms with Gasteiger partial charge in [-0.1, -0.05) is 6.92 Å². The number of likely N-dealkylation sites (N-methyl/N-ethyl adjacent to an activating group) is 1. The maximum atomic E-state index is 12.6. The van der Waals surface area contributed by atoms with Crippen LogP contribution < -0.4 is 0 Å². The van der Waals surface area contributed by atoms with Gasteiger partial charge in [-0.25, -0.2) is 4.79 Å². The van der Waals surface area contributed by atoms with E-state index in [9.17, 15) is 4.79 Å². The van der Waals surface area contributed by atoms with Crippen LogP contribution in [0.1, 0.15) is 20.8 Å². The van der Waals surface area contributed by atoms with E-state index in [0.717, 1.165) is 45.8 Å². The van der Waals surface area contributed by atoms with Crippen LogP contribution in [-0.4, -0.2) is 103 Å². The summed E-state index contributed by atoms with van der Waals surface area (Å²) in [4.78, 5) is 21.6. The molecule has 2 amide bonds. The molecule has 3 rings (SSSR count). The third-order valence-electron chi connectivity index (χ3n) is 5.19. The number of likely N-dealkylation sites (tertiary alicyclic amines) is 1. The molecule has 6 heteroatoms. The van der Waals surface area contributed by atoms with E-state index in [4.69, 9.17) is 4.74 Å². The highest BCUT2D eigenvalue weighted by Gasteiger charge is 2.39. The fraction of sp³-hybridized carbons (Fsp3) is 0.938. The molecule has 3 aliphatic rings. The van der Waals surface area contributed by atoms with Crippen molar-refractivity contribution in [3.05, 3.63) is 0 Å². The number of amides is 2. The summed E-state index contributed by atoms with van der Waals surface area (Å²) >= 11 is 0. The quantitative estimate of drug-likeness (QED) is 0.746. The first kappa shape index (κ1) is 16.0. The minimum absolute atomic E-state index is 0.145. The monoisotopic (exact) mass is 310 g/mol. The van der Waals surface area contributed by atoms with Gasteiger partial charge in [0.15, 0.2) is 0 Å². The minimum atomic E-state index is 0.145. The number of hydrogen-bond acceptors (Lipinski definition) is 4. The van der Waals surface area contributed by atoms with Crippen molar-refractivity contribution >= 4 is 6.03 Å².